The van der Waals surface area contributed by atoms with Crippen LogP contribution in [-0.2, 0) is 9.59 Å². The predicted octanol–water partition coefficient (Wildman–Crippen LogP) is 3.51. The number of nitrogens with one attached hydrogen (secondary N) is 1. The van der Waals surface area contributed by atoms with Gasteiger partial charge in [-0.1, -0.05) is 18.2 Å². The Hall–Kier alpha value is -2.89. The maximum Gasteiger partial charge on any atom is 0.240 e. The number of halogens is 1. The fourth-order valence-corrected chi connectivity index (χ4v) is 4.12. The van der Waals surface area contributed by atoms with E-state index in [0.29, 0.717) is 44.7 Å². The number of piperazine rings is 1. The summed E-state index contributed by atoms with van der Waals surface area (Å²) in [5.74, 6) is -0.574. The summed E-state index contributed by atoms with van der Waals surface area (Å²) in [6.07, 6.45) is 1.16. The third-order valence-corrected chi connectivity index (χ3v) is 5.83. The van der Waals surface area contributed by atoms with Crippen LogP contribution in [0, 0.1) is 25.1 Å². The first-order valence-corrected chi connectivity index (χ1v) is 10.1. The zero-order valence-corrected chi connectivity index (χ0v) is 16.9. The maximum absolute atomic E-state index is 14.0. The highest BCUT2D eigenvalue weighted by atomic mass is 19.1. The summed E-state index contributed by atoms with van der Waals surface area (Å²) in [5, 5.41) is 2.94. The summed E-state index contributed by atoms with van der Waals surface area (Å²) in [6, 6.07) is 12.6. The van der Waals surface area contributed by atoms with Crippen LogP contribution in [-0.4, -0.2) is 42.9 Å². The van der Waals surface area contributed by atoms with Gasteiger partial charge in [0.05, 0.1) is 5.69 Å². The van der Waals surface area contributed by atoms with Gasteiger partial charge in [-0.15, -0.1) is 0 Å². The molecule has 2 aliphatic rings. The fraction of sp³-hybridized carbons (Fsp3) is 0.391. The Bertz CT molecular complexity index is 927. The molecule has 1 saturated carbocycles. The molecule has 0 spiro atoms. The Balaban J connectivity index is 1.40. The van der Waals surface area contributed by atoms with Crippen LogP contribution < -0.4 is 10.2 Å². The number of rotatable bonds is 4. The fourth-order valence-electron chi connectivity index (χ4n) is 4.12. The van der Waals surface area contributed by atoms with Gasteiger partial charge in [0.15, 0.2) is 0 Å². The van der Waals surface area contributed by atoms with Crippen LogP contribution in [0.3, 0.4) is 0 Å². The molecule has 0 aromatic heterocycles. The molecule has 29 heavy (non-hydrogen) atoms. The van der Waals surface area contributed by atoms with Crippen molar-refractivity contribution in [1.29, 1.82) is 0 Å². The molecule has 4 rings (SSSR count). The van der Waals surface area contributed by atoms with Crippen molar-refractivity contribution in [3.05, 3.63) is 59.4 Å². The number of para-hydroxylation sites is 1. The lowest BCUT2D eigenvalue weighted by Gasteiger charge is -2.37. The molecule has 2 aromatic rings. The third kappa shape index (κ3) is 3.84. The molecule has 5 nitrogen and oxygen atoms in total. The molecule has 1 saturated heterocycles. The van der Waals surface area contributed by atoms with Gasteiger partial charge in [0.25, 0.3) is 0 Å². The van der Waals surface area contributed by atoms with E-state index in [2.05, 4.69) is 5.32 Å². The summed E-state index contributed by atoms with van der Waals surface area (Å²) >= 11 is 0. The number of carbonyl (C=O) groups is 2. The average molecular weight is 395 g/mol. The van der Waals surface area contributed by atoms with Crippen molar-refractivity contribution in [3.8, 4) is 0 Å². The molecule has 152 valence electrons. The van der Waals surface area contributed by atoms with Crippen molar-refractivity contribution in [3.63, 3.8) is 0 Å². The van der Waals surface area contributed by atoms with E-state index in [-0.39, 0.29) is 17.6 Å². The Morgan fingerprint density at radius 1 is 0.966 bits per heavy atom. The highest BCUT2D eigenvalue weighted by Gasteiger charge is 2.58. The topological polar surface area (TPSA) is 52.7 Å². The molecule has 0 bridgehead atoms. The lowest BCUT2D eigenvalue weighted by Crippen LogP contribution is -2.52. The number of anilines is 2. The molecule has 1 aliphatic heterocycles. The third-order valence-electron chi connectivity index (χ3n) is 5.83. The zero-order valence-electron chi connectivity index (χ0n) is 16.9. The molecule has 1 aliphatic carbocycles. The van der Waals surface area contributed by atoms with E-state index < -0.39 is 5.41 Å². The lowest BCUT2D eigenvalue weighted by atomic mass is 10.0. The first kappa shape index (κ1) is 19.4. The number of nitrogens with zero attached hydrogens (tertiary/aromatic N) is 2. The molecule has 0 radical (unpaired) electrons. The highest BCUT2D eigenvalue weighted by Crippen LogP contribution is 2.48. The molecule has 2 amide bonds. The largest absolute Gasteiger partial charge is 0.366 e. The molecule has 0 unspecified atom stereocenters. The number of carbonyl (C=O) groups excluding carboxylic acids is 2. The normalized spacial score (nSPS) is 17.8. The lowest BCUT2D eigenvalue weighted by molar-refractivity contribution is -0.142. The SMILES string of the molecule is Cc1cc(C)cc(NC(=O)C2(C(=O)N3CCN(c4ccccc4F)CC3)CC2)c1. The summed E-state index contributed by atoms with van der Waals surface area (Å²) in [6.45, 7) is 6.06. The van der Waals surface area contributed by atoms with E-state index in [1.165, 1.54) is 6.07 Å². The molecular formula is C23H26FN3O2. The van der Waals surface area contributed by atoms with E-state index in [0.717, 1.165) is 16.8 Å². The summed E-state index contributed by atoms with van der Waals surface area (Å²) in [4.78, 5) is 29.8. The van der Waals surface area contributed by atoms with Crippen molar-refractivity contribution in [2.75, 3.05) is 36.4 Å². The second-order valence-electron chi connectivity index (χ2n) is 8.14. The quantitative estimate of drug-likeness (QED) is 0.806. The number of aryl methyl sites for hydroxylation is 2. The zero-order chi connectivity index (χ0) is 20.6. The van der Waals surface area contributed by atoms with E-state index in [4.69, 9.17) is 0 Å². The first-order valence-electron chi connectivity index (χ1n) is 10.1. The van der Waals surface area contributed by atoms with Crippen LogP contribution >= 0.6 is 0 Å². The van der Waals surface area contributed by atoms with Crippen LogP contribution in [0.15, 0.2) is 42.5 Å². The van der Waals surface area contributed by atoms with E-state index in [9.17, 15) is 14.0 Å². The van der Waals surface area contributed by atoms with Crippen molar-refractivity contribution in [2.24, 2.45) is 5.41 Å². The monoisotopic (exact) mass is 395 g/mol. The first-order chi connectivity index (χ1) is 13.9. The minimum absolute atomic E-state index is 0.104. The standard InChI is InChI=1S/C23H26FN3O2/c1-16-13-17(2)15-18(14-16)25-21(28)23(7-8-23)22(29)27-11-9-26(10-12-27)20-6-4-3-5-19(20)24/h3-6,13-15H,7-12H2,1-2H3,(H,25,28). The number of benzene rings is 2. The molecule has 1 N–H and O–H groups in total. The number of hydrogen-bond acceptors (Lipinski definition) is 3. The average Bonchev–Trinajstić information content (AvgIpc) is 3.49. The molecule has 0 atom stereocenters. The molecule has 2 fully saturated rings. The second-order valence-corrected chi connectivity index (χ2v) is 8.14. The Morgan fingerprint density at radius 3 is 2.17 bits per heavy atom. The minimum Gasteiger partial charge on any atom is -0.366 e. The Morgan fingerprint density at radius 2 is 1.59 bits per heavy atom. The maximum atomic E-state index is 14.0. The molecular weight excluding hydrogens is 369 g/mol. The van der Waals surface area contributed by atoms with Gasteiger partial charge < -0.3 is 15.1 Å². The van der Waals surface area contributed by atoms with Crippen molar-refractivity contribution in [2.45, 2.75) is 26.7 Å². The van der Waals surface area contributed by atoms with Gasteiger partial charge in [0.1, 0.15) is 11.2 Å². The van der Waals surface area contributed by atoms with E-state index >= 15 is 0 Å². The van der Waals surface area contributed by atoms with Crippen LogP contribution in [0.2, 0.25) is 0 Å². The molecule has 1 heterocycles. The highest BCUT2D eigenvalue weighted by molar-refractivity contribution is 6.13. The van der Waals surface area contributed by atoms with Gasteiger partial charge in [-0.3, -0.25) is 9.59 Å². The van der Waals surface area contributed by atoms with E-state index in [1.54, 1.807) is 17.0 Å². The van der Waals surface area contributed by atoms with Crippen molar-refractivity contribution < 1.29 is 14.0 Å². The van der Waals surface area contributed by atoms with Gasteiger partial charge in [-0.2, -0.15) is 0 Å². The molecule has 6 heteroatoms. The Kier molecular flexibility index (Phi) is 5.03. The van der Waals surface area contributed by atoms with Gasteiger partial charge in [-0.05, 0) is 62.1 Å². The van der Waals surface area contributed by atoms with Gasteiger partial charge in [0, 0.05) is 31.9 Å². The van der Waals surface area contributed by atoms with Gasteiger partial charge in [0.2, 0.25) is 11.8 Å². The smallest absolute Gasteiger partial charge is 0.240 e. The van der Waals surface area contributed by atoms with Crippen LogP contribution in [0.4, 0.5) is 15.8 Å². The van der Waals surface area contributed by atoms with Crippen LogP contribution in [0.1, 0.15) is 24.0 Å². The summed E-state index contributed by atoms with van der Waals surface area (Å²) in [5.41, 5.74) is 2.49. The van der Waals surface area contributed by atoms with Gasteiger partial charge in [-0.25, -0.2) is 4.39 Å². The van der Waals surface area contributed by atoms with Crippen LogP contribution in [0.5, 0.6) is 0 Å². The summed E-state index contributed by atoms with van der Waals surface area (Å²) < 4.78 is 14.0. The molecule has 2 aromatic carbocycles. The van der Waals surface area contributed by atoms with Gasteiger partial charge >= 0.3 is 0 Å². The van der Waals surface area contributed by atoms with E-state index in [1.807, 2.05) is 43.0 Å². The predicted molar refractivity (Wildman–Crippen MR) is 111 cm³/mol. The Labute approximate surface area is 170 Å². The van der Waals surface area contributed by atoms with Crippen molar-refractivity contribution in [1.82, 2.24) is 4.90 Å². The summed E-state index contributed by atoms with van der Waals surface area (Å²) in [7, 11) is 0. The van der Waals surface area contributed by atoms with Crippen molar-refractivity contribution >= 4 is 23.2 Å². The number of hydrogen-bond donors (Lipinski definition) is 1. The minimum atomic E-state index is -0.947. The van der Waals surface area contributed by atoms with Crippen LogP contribution in [0.25, 0.3) is 0 Å². The number of amides is 2. The second kappa shape index (κ2) is 7.50.